The van der Waals surface area contributed by atoms with Gasteiger partial charge in [0.2, 0.25) is 0 Å². The van der Waals surface area contributed by atoms with Crippen molar-refractivity contribution in [1.29, 1.82) is 0 Å². The zero-order valence-corrected chi connectivity index (χ0v) is 15.6. The number of benzene rings is 2. The molecule has 25 heavy (non-hydrogen) atoms. The number of amides is 1. The Balaban J connectivity index is 1.73. The van der Waals surface area contributed by atoms with Crippen LogP contribution in [0, 0.1) is 6.92 Å². The predicted octanol–water partition coefficient (Wildman–Crippen LogP) is 5.17. The molecule has 0 atom stereocenters. The van der Waals surface area contributed by atoms with Crippen LogP contribution in [0.15, 0.2) is 71.3 Å². The van der Waals surface area contributed by atoms with Crippen LogP contribution in [0.1, 0.15) is 16.1 Å². The summed E-state index contributed by atoms with van der Waals surface area (Å²) in [5.74, 6) is -0.232. The van der Waals surface area contributed by atoms with Crippen molar-refractivity contribution >= 4 is 38.9 Å². The molecule has 0 saturated heterocycles. The molecule has 0 radical (unpaired) electrons. The lowest BCUT2D eigenvalue weighted by Gasteiger charge is -2.19. The van der Waals surface area contributed by atoms with Gasteiger partial charge in [-0.2, -0.15) is 0 Å². The third-order valence-corrected chi connectivity index (χ3v) is 4.80. The summed E-state index contributed by atoms with van der Waals surface area (Å²) in [7, 11) is 1.97. The van der Waals surface area contributed by atoms with Gasteiger partial charge in [-0.25, -0.2) is 4.98 Å². The van der Waals surface area contributed by atoms with Gasteiger partial charge in [0.25, 0.3) is 5.91 Å². The third kappa shape index (κ3) is 4.06. The van der Waals surface area contributed by atoms with Crippen molar-refractivity contribution in [3.8, 4) is 0 Å². The summed E-state index contributed by atoms with van der Waals surface area (Å²) in [4.78, 5) is 18.7. The van der Waals surface area contributed by atoms with Crippen LogP contribution in [0.3, 0.4) is 0 Å². The van der Waals surface area contributed by atoms with E-state index >= 15 is 0 Å². The highest BCUT2D eigenvalue weighted by Crippen LogP contribution is 2.23. The highest BCUT2D eigenvalue weighted by Gasteiger charge is 2.10. The standard InChI is InChI=1S/C20H18BrN3O/c1-14-8-9-15(12-18(14)21)23-20(25)19-11-10-17(13-22-19)24(2)16-6-4-3-5-7-16/h3-13H,1-2H3,(H,23,25). The summed E-state index contributed by atoms with van der Waals surface area (Å²) in [6, 6.07) is 19.3. The summed E-state index contributed by atoms with van der Waals surface area (Å²) in [6.07, 6.45) is 1.70. The molecule has 3 rings (SSSR count). The average molecular weight is 396 g/mol. The largest absolute Gasteiger partial charge is 0.343 e. The van der Waals surface area contributed by atoms with Gasteiger partial charge in [0, 0.05) is 22.9 Å². The van der Waals surface area contributed by atoms with Crippen molar-refractivity contribution in [2.75, 3.05) is 17.3 Å². The maximum absolute atomic E-state index is 12.4. The summed E-state index contributed by atoms with van der Waals surface area (Å²) in [5, 5.41) is 2.86. The number of rotatable bonds is 4. The molecular weight excluding hydrogens is 378 g/mol. The minimum absolute atomic E-state index is 0.232. The first-order chi connectivity index (χ1) is 12.0. The molecule has 1 N–H and O–H groups in total. The number of aromatic nitrogens is 1. The molecule has 4 nitrogen and oxygen atoms in total. The minimum Gasteiger partial charge on any atom is -0.343 e. The smallest absolute Gasteiger partial charge is 0.274 e. The monoisotopic (exact) mass is 395 g/mol. The first-order valence-electron chi connectivity index (χ1n) is 7.87. The molecule has 1 amide bonds. The zero-order chi connectivity index (χ0) is 17.8. The second-order valence-electron chi connectivity index (χ2n) is 5.71. The summed E-state index contributed by atoms with van der Waals surface area (Å²) in [5.41, 5.74) is 4.20. The number of nitrogens with one attached hydrogen (secondary N) is 1. The Hall–Kier alpha value is -2.66. The van der Waals surface area contributed by atoms with Crippen LogP contribution in [0.4, 0.5) is 17.1 Å². The average Bonchev–Trinajstić information content (AvgIpc) is 2.65. The molecule has 0 saturated carbocycles. The van der Waals surface area contributed by atoms with Crippen LogP contribution in [-0.4, -0.2) is 17.9 Å². The summed E-state index contributed by atoms with van der Waals surface area (Å²) >= 11 is 3.47. The van der Waals surface area contributed by atoms with Gasteiger partial charge in [0.1, 0.15) is 5.69 Å². The van der Waals surface area contributed by atoms with Crippen molar-refractivity contribution < 1.29 is 4.79 Å². The van der Waals surface area contributed by atoms with Gasteiger partial charge in [-0.1, -0.05) is 40.2 Å². The first-order valence-corrected chi connectivity index (χ1v) is 8.66. The normalized spacial score (nSPS) is 10.4. The molecule has 1 heterocycles. The van der Waals surface area contributed by atoms with Crippen molar-refractivity contribution in [3.63, 3.8) is 0 Å². The Labute approximate surface area is 155 Å². The lowest BCUT2D eigenvalue weighted by molar-refractivity contribution is 0.102. The Morgan fingerprint density at radius 3 is 2.44 bits per heavy atom. The molecule has 126 valence electrons. The molecule has 0 bridgehead atoms. The van der Waals surface area contributed by atoms with E-state index in [2.05, 4.69) is 26.2 Å². The number of aryl methyl sites for hydroxylation is 1. The maximum atomic E-state index is 12.4. The van der Waals surface area contributed by atoms with E-state index in [0.29, 0.717) is 5.69 Å². The van der Waals surface area contributed by atoms with Gasteiger partial charge >= 0.3 is 0 Å². The topological polar surface area (TPSA) is 45.2 Å². The molecule has 5 heteroatoms. The van der Waals surface area contributed by atoms with Crippen LogP contribution in [-0.2, 0) is 0 Å². The molecule has 0 aliphatic carbocycles. The van der Waals surface area contributed by atoms with Gasteiger partial charge < -0.3 is 10.2 Å². The molecular formula is C20H18BrN3O. The Kier molecular flexibility index (Phi) is 5.14. The van der Waals surface area contributed by atoms with E-state index in [1.54, 1.807) is 12.3 Å². The predicted molar refractivity (Wildman–Crippen MR) is 106 cm³/mol. The van der Waals surface area contributed by atoms with E-state index in [1.807, 2.05) is 73.5 Å². The quantitative estimate of drug-likeness (QED) is 0.662. The number of hydrogen-bond acceptors (Lipinski definition) is 3. The molecule has 0 unspecified atom stereocenters. The Morgan fingerprint density at radius 2 is 1.80 bits per heavy atom. The maximum Gasteiger partial charge on any atom is 0.274 e. The van der Waals surface area contributed by atoms with Crippen LogP contribution in [0.5, 0.6) is 0 Å². The molecule has 0 fully saturated rings. The number of carbonyl (C=O) groups excluding carboxylic acids is 1. The van der Waals surface area contributed by atoms with Gasteiger partial charge in [-0.05, 0) is 48.9 Å². The highest BCUT2D eigenvalue weighted by atomic mass is 79.9. The van der Waals surface area contributed by atoms with Crippen LogP contribution in [0.2, 0.25) is 0 Å². The summed E-state index contributed by atoms with van der Waals surface area (Å²) < 4.78 is 0.957. The zero-order valence-electron chi connectivity index (χ0n) is 14.0. The lowest BCUT2D eigenvalue weighted by atomic mass is 10.2. The number of hydrogen-bond donors (Lipinski definition) is 1. The Bertz CT molecular complexity index is 879. The Morgan fingerprint density at radius 1 is 1.04 bits per heavy atom. The molecule has 0 aliphatic rings. The minimum atomic E-state index is -0.232. The second-order valence-corrected chi connectivity index (χ2v) is 6.57. The molecule has 3 aromatic rings. The number of pyridine rings is 1. The van der Waals surface area contributed by atoms with Crippen molar-refractivity contribution in [2.45, 2.75) is 6.92 Å². The van der Waals surface area contributed by atoms with E-state index in [9.17, 15) is 4.79 Å². The number of para-hydroxylation sites is 1. The van der Waals surface area contributed by atoms with E-state index in [0.717, 1.165) is 27.1 Å². The van der Waals surface area contributed by atoms with Crippen LogP contribution < -0.4 is 10.2 Å². The molecule has 2 aromatic carbocycles. The van der Waals surface area contributed by atoms with Crippen LogP contribution >= 0.6 is 15.9 Å². The fourth-order valence-corrected chi connectivity index (χ4v) is 2.76. The van der Waals surface area contributed by atoms with Gasteiger partial charge in [-0.3, -0.25) is 4.79 Å². The van der Waals surface area contributed by atoms with E-state index in [1.165, 1.54) is 0 Å². The van der Waals surface area contributed by atoms with Crippen molar-refractivity contribution in [3.05, 3.63) is 82.6 Å². The molecule has 0 spiro atoms. The number of carbonyl (C=O) groups is 1. The first kappa shape index (κ1) is 17.2. The number of halogens is 1. The van der Waals surface area contributed by atoms with Gasteiger partial charge in [-0.15, -0.1) is 0 Å². The highest BCUT2D eigenvalue weighted by molar-refractivity contribution is 9.10. The van der Waals surface area contributed by atoms with Gasteiger partial charge in [0.05, 0.1) is 11.9 Å². The molecule has 1 aromatic heterocycles. The van der Waals surface area contributed by atoms with Crippen LogP contribution in [0.25, 0.3) is 0 Å². The SMILES string of the molecule is Cc1ccc(NC(=O)c2ccc(N(C)c3ccccc3)cn2)cc1Br. The lowest BCUT2D eigenvalue weighted by Crippen LogP contribution is -2.15. The van der Waals surface area contributed by atoms with Crippen molar-refractivity contribution in [1.82, 2.24) is 4.98 Å². The van der Waals surface area contributed by atoms with E-state index in [-0.39, 0.29) is 5.91 Å². The third-order valence-electron chi connectivity index (χ3n) is 3.94. The number of anilines is 3. The summed E-state index contributed by atoms with van der Waals surface area (Å²) in [6.45, 7) is 2.00. The number of nitrogens with zero attached hydrogens (tertiary/aromatic N) is 2. The fourth-order valence-electron chi connectivity index (χ4n) is 2.39. The van der Waals surface area contributed by atoms with E-state index < -0.39 is 0 Å². The second kappa shape index (κ2) is 7.49. The van der Waals surface area contributed by atoms with E-state index in [4.69, 9.17) is 0 Å². The molecule has 0 aliphatic heterocycles. The van der Waals surface area contributed by atoms with Gasteiger partial charge in [0.15, 0.2) is 0 Å². The van der Waals surface area contributed by atoms with Crippen molar-refractivity contribution in [2.24, 2.45) is 0 Å². The fraction of sp³-hybridized carbons (Fsp3) is 0.100.